The van der Waals surface area contributed by atoms with Crippen molar-refractivity contribution in [3.63, 3.8) is 0 Å². The van der Waals surface area contributed by atoms with Crippen molar-refractivity contribution in [1.29, 1.82) is 0 Å². The van der Waals surface area contributed by atoms with Gasteiger partial charge in [-0.2, -0.15) is 12.6 Å². The number of carboxylic acid groups (broad SMARTS) is 1. The number of carbonyl (C=O) groups is 4. The molecule has 2 aromatic rings. The molecule has 0 saturated heterocycles. The monoisotopic (exact) mass is 507 g/mol. The first-order valence-electron chi connectivity index (χ1n) is 11.3. The summed E-state index contributed by atoms with van der Waals surface area (Å²) < 4.78 is 0. The Morgan fingerprint density at radius 2 is 1.63 bits per heavy atom. The predicted molar refractivity (Wildman–Crippen MR) is 134 cm³/mol. The summed E-state index contributed by atoms with van der Waals surface area (Å²) in [4.78, 5) is 52.7. The highest BCUT2D eigenvalue weighted by Gasteiger charge is 2.31. The fraction of sp³-hybridized carbons (Fsp3) is 0.478. The molecule has 0 radical (unpaired) electrons. The molecule has 3 amide bonds. The normalized spacial score (nSPS) is 15.5. The molecule has 1 aromatic heterocycles. The predicted octanol–water partition coefficient (Wildman–Crippen LogP) is -0.455. The van der Waals surface area contributed by atoms with Crippen LogP contribution in [0.2, 0.25) is 0 Å². The summed E-state index contributed by atoms with van der Waals surface area (Å²) in [5.41, 5.74) is 7.69. The zero-order chi connectivity index (χ0) is 26.1. The molecule has 1 heterocycles. The number of nitrogens with two attached hydrogens (primary N) is 1. The molecule has 35 heavy (non-hydrogen) atoms. The molecule has 0 aliphatic carbocycles. The van der Waals surface area contributed by atoms with Crippen LogP contribution in [0, 0.1) is 5.92 Å². The van der Waals surface area contributed by atoms with Crippen molar-refractivity contribution in [2.75, 3.05) is 12.4 Å². The van der Waals surface area contributed by atoms with Crippen molar-refractivity contribution in [2.45, 2.75) is 50.9 Å². The molecule has 8 N–H and O–H groups in total. The Bertz CT molecular complexity index is 1040. The van der Waals surface area contributed by atoms with E-state index >= 15 is 0 Å². The Morgan fingerprint density at radius 3 is 2.23 bits per heavy atom. The van der Waals surface area contributed by atoms with Gasteiger partial charge in [-0.15, -0.1) is 0 Å². The average Bonchev–Trinajstić information content (AvgIpc) is 3.26. The number of carboxylic acids is 1. The molecule has 192 valence electrons. The van der Waals surface area contributed by atoms with Crippen LogP contribution in [-0.4, -0.2) is 75.4 Å². The number of H-pyrrole nitrogens is 1. The highest BCUT2D eigenvalue weighted by Crippen LogP contribution is 2.19. The van der Waals surface area contributed by atoms with Crippen LogP contribution in [0.15, 0.2) is 30.5 Å². The second-order valence-corrected chi connectivity index (χ2v) is 8.73. The van der Waals surface area contributed by atoms with Crippen LogP contribution in [0.1, 0.15) is 25.8 Å². The Balaban J connectivity index is 2.24. The van der Waals surface area contributed by atoms with E-state index in [0.29, 0.717) is 6.42 Å². The molecule has 0 bridgehead atoms. The van der Waals surface area contributed by atoms with Crippen LogP contribution < -0.4 is 21.7 Å². The minimum atomic E-state index is -1.53. The summed E-state index contributed by atoms with van der Waals surface area (Å²) in [7, 11) is 0. The molecule has 0 aliphatic heterocycles. The van der Waals surface area contributed by atoms with Gasteiger partial charge in [0.1, 0.15) is 18.1 Å². The lowest BCUT2D eigenvalue weighted by Gasteiger charge is -2.25. The number of nitrogens with one attached hydrogen (secondary N) is 4. The number of amides is 3. The van der Waals surface area contributed by atoms with Gasteiger partial charge in [-0.3, -0.25) is 14.4 Å². The minimum Gasteiger partial charge on any atom is -0.480 e. The molecule has 12 heteroatoms. The first-order valence-corrected chi connectivity index (χ1v) is 11.9. The Labute approximate surface area is 208 Å². The molecule has 0 fully saturated rings. The van der Waals surface area contributed by atoms with Gasteiger partial charge in [0.2, 0.25) is 17.7 Å². The summed E-state index contributed by atoms with van der Waals surface area (Å²) in [6.45, 7) is 2.92. The molecule has 11 nitrogen and oxygen atoms in total. The first kappa shape index (κ1) is 28.1. The van der Waals surface area contributed by atoms with Crippen molar-refractivity contribution in [3.8, 4) is 0 Å². The van der Waals surface area contributed by atoms with E-state index in [9.17, 15) is 19.2 Å². The highest BCUT2D eigenvalue weighted by molar-refractivity contribution is 7.80. The van der Waals surface area contributed by atoms with Crippen LogP contribution in [-0.2, 0) is 25.6 Å². The van der Waals surface area contributed by atoms with Crippen molar-refractivity contribution in [3.05, 3.63) is 36.0 Å². The summed E-state index contributed by atoms with van der Waals surface area (Å²) in [6, 6.07) is 2.85. The van der Waals surface area contributed by atoms with Crippen LogP contribution in [0.3, 0.4) is 0 Å². The number of para-hydroxylation sites is 1. The third kappa shape index (κ3) is 7.44. The van der Waals surface area contributed by atoms with Gasteiger partial charge in [-0.25, -0.2) is 4.79 Å². The van der Waals surface area contributed by atoms with E-state index < -0.39 is 54.5 Å². The number of aliphatic hydroxyl groups excluding tert-OH is 1. The van der Waals surface area contributed by atoms with E-state index in [1.54, 1.807) is 6.20 Å². The van der Waals surface area contributed by atoms with Gasteiger partial charge < -0.3 is 36.9 Å². The van der Waals surface area contributed by atoms with Crippen LogP contribution in [0.5, 0.6) is 0 Å². The van der Waals surface area contributed by atoms with E-state index in [-0.39, 0.29) is 18.1 Å². The fourth-order valence-corrected chi connectivity index (χ4v) is 3.69. The number of carbonyl (C=O) groups excluding carboxylic acids is 3. The smallest absolute Gasteiger partial charge is 0.328 e. The number of aromatic nitrogens is 1. The van der Waals surface area contributed by atoms with Gasteiger partial charge in [0.25, 0.3) is 0 Å². The van der Waals surface area contributed by atoms with Gasteiger partial charge in [-0.1, -0.05) is 38.5 Å². The van der Waals surface area contributed by atoms with Gasteiger partial charge in [-0.05, 0) is 17.5 Å². The maximum absolute atomic E-state index is 13.2. The molecule has 5 atom stereocenters. The van der Waals surface area contributed by atoms with Crippen LogP contribution in [0.25, 0.3) is 10.9 Å². The summed E-state index contributed by atoms with van der Waals surface area (Å²) >= 11 is 4.08. The second-order valence-electron chi connectivity index (χ2n) is 8.36. The molecular weight excluding hydrogens is 474 g/mol. The third-order valence-corrected chi connectivity index (χ3v) is 6.27. The van der Waals surface area contributed by atoms with Crippen molar-refractivity contribution in [2.24, 2.45) is 11.7 Å². The van der Waals surface area contributed by atoms with Gasteiger partial charge in [0.15, 0.2) is 0 Å². The fourth-order valence-electron chi connectivity index (χ4n) is 3.43. The first-order chi connectivity index (χ1) is 16.6. The highest BCUT2D eigenvalue weighted by atomic mass is 32.1. The molecular formula is C23H33N5O6S. The van der Waals surface area contributed by atoms with Crippen LogP contribution >= 0.6 is 12.6 Å². The van der Waals surface area contributed by atoms with Gasteiger partial charge in [0.05, 0.1) is 12.6 Å². The van der Waals surface area contributed by atoms with E-state index in [1.165, 1.54) is 0 Å². The number of rotatable bonds is 13. The van der Waals surface area contributed by atoms with Gasteiger partial charge in [0, 0.05) is 29.3 Å². The molecule has 0 spiro atoms. The SMILES string of the molecule is CCC(C)C(N)C(=O)NC(Cc1c[nH]c2ccccc12)C(=O)NC(CS)C(=O)NC(CO)C(=O)O. The zero-order valence-corrected chi connectivity index (χ0v) is 20.5. The molecule has 1 aromatic carbocycles. The largest absolute Gasteiger partial charge is 0.480 e. The quantitative estimate of drug-likeness (QED) is 0.169. The Hall–Kier alpha value is -3.09. The maximum atomic E-state index is 13.2. The number of aliphatic carboxylic acids is 1. The standard InChI is InChI=1S/C23H33N5O6S/c1-3-12(2)19(24)22(32)26-16(8-13-9-25-15-7-5-4-6-14(13)15)20(30)28-18(11-35)21(31)27-17(10-29)23(33)34/h4-7,9,12,16-19,25,29,35H,3,8,10-11,24H2,1-2H3,(H,26,32)(H,27,31)(H,28,30)(H,33,34). The summed E-state index contributed by atoms with van der Waals surface area (Å²) in [5, 5.41) is 26.4. The number of hydrogen-bond acceptors (Lipinski definition) is 7. The van der Waals surface area contributed by atoms with E-state index in [2.05, 4.69) is 33.6 Å². The topological polar surface area (TPSA) is 187 Å². The number of aromatic amines is 1. The Morgan fingerprint density at radius 1 is 1.03 bits per heavy atom. The van der Waals surface area contributed by atoms with Gasteiger partial charge >= 0.3 is 5.97 Å². The third-order valence-electron chi connectivity index (χ3n) is 5.90. The molecule has 0 saturated carbocycles. The number of benzene rings is 1. The maximum Gasteiger partial charge on any atom is 0.328 e. The van der Waals surface area contributed by atoms with E-state index in [1.807, 2.05) is 38.1 Å². The second kappa shape index (κ2) is 13.1. The number of aliphatic hydroxyl groups is 1. The lowest BCUT2D eigenvalue weighted by molar-refractivity contribution is -0.143. The van der Waals surface area contributed by atoms with Crippen molar-refractivity contribution >= 4 is 47.2 Å². The summed E-state index contributed by atoms with van der Waals surface area (Å²) in [6.07, 6.45) is 2.53. The van der Waals surface area contributed by atoms with Crippen LogP contribution in [0.4, 0.5) is 0 Å². The number of hydrogen-bond donors (Lipinski definition) is 8. The molecule has 0 aliphatic rings. The van der Waals surface area contributed by atoms with Crippen molar-refractivity contribution < 1.29 is 29.4 Å². The van der Waals surface area contributed by atoms with E-state index in [4.69, 9.17) is 15.9 Å². The lowest BCUT2D eigenvalue weighted by atomic mass is 9.98. The number of thiol groups is 1. The zero-order valence-electron chi connectivity index (χ0n) is 19.7. The number of fused-ring (bicyclic) bond motifs is 1. The van der Waals surface area contributed by atoms with E-state index in [0.717, 1.165) is 16.5 Å². The van der Waals surface area contributed by atoms with Crippen molar-refractivity contribution in [1.82, 2.24) is 20.9 Å². The minimum absolute atomic E-state index is 0.115. The Kier molecular flexibility index (Phi) is 10.6. The summed E-state index contributed by atoms with van der Waals surface area (Å²) in [5.74, 6) is -3.68. The lowest BCUT2D eigenvalue weighted by Crippen LogP contribution is -2.58. The molecule has 5 unspecified atom stereocenters. The molecule has 2 rings (SSSR count). The average molecular weight is 508 g/mol.